The van der Waals surface area contributed by atoms with Crippen LogP contribution in [0.15, 0.2) is 18.3 Å². The molecular weight excluding hydrogens is 316 g/mol. The van der Waals surface area contributed by atoms with Gasteiger partial charge in [0.15, 0.2) is 5.78 Å². The van der Waals surface area contributed by atoms with Crippen molar-refractivity contribution in [2.45, 2.75) is 58.5 Å². The van der Waals surface area contributed by atoms with E-state index in [1.165, 1.54) is 0 Å². The van der Waals surface area contributed by atoms with Gasteiger partial charge >= 0.3 is 6.03 Å². The van der Waals surface area contributed by atoms with Gasteiger partial charge in [0.25, 0.3) is 0 Å². The lowest BCUT2D eigenvalue weighted by Gasteiger charge is -2.34. The summed E-state index contributed by atoms with van der Waals surface area (Å²) < 4.78 is 0. The fraction of sp³-hybridized carbons (Fsp3) is 0.632. The average molecular weight is 346 g/mol. The van der Waals surface area contributed by atoms with Crippen LogP contribution in [0.3, 0.4) is 0 Å². The summed E-state index contributed by atoms with van der Waals surface area (Å²) in [6.45, 7) is 9.90. The minimum Gasteiger partial charge on any atom is -0.324 e. The van der Waals surface area contributed by atoms with E-state index in [0.29, 0.717) is 31.6 Å². The van der Waals surface area contributed by atoms with E-state index in [4.69, 9.17) is 0 Å². The zero-order chi connectivity index (χ0) is 18.4. The maximum absolute atomic E-state index is 13.1. The number of aromatic nitrogens is 1. The molecule has 1 aliphatic rings. The van der Waals surface area contributed by atoms with E-state index in [1.807, 2.05) is 24.8 Å². The van der Waals surface area contributed by atoms with Crippen molar-refractivity contribution in [1.29, 1.82) is 0 Å². The highest BCUT2D eigenvalue weighted by atomic mass is 16.2. The Morgan fingerprint density at radius 1 is 1.40 bits per heavy atom. The first-order valence-electron chi connectivity index (χ1n) is 9.20. The largest absolute Gasteiger partial charge is 0.324 e. The third-order valence-corrected chi connectivity index (χ3v) is 4.96. The molecule has 1 aromatic rings. The molecule has 2 heterocycles. The molecule has 0 spiro atoms. The van der Waals surface area contributed by atoms with Gasteiger partial charge in [-0.2, -0.15) is 0 Å². The van der Waals surface area contributed by atoms with Crippen molar-refractivity contribution in [2.75, 3.05) is 19.6 Å². The van der Waals surface area contributed by atoms with Crippen LogP contribution in [-0.4, -0.2) is 52.9 Å². The van der Waals surface area contributed by atoms with Gasteiger partial charge in [0.05, 0.1) is 0 Å². The number of carbonyl (C=O) groups excluding carboxylic acids is 2. The van der Waals surface area contributed by atoms with Gasteiger partial charge in [0.2, 0.25) is 0 Å². The molecule has 0 radical (unpaired) electrons. The van der Waals surface area contributed by atoms with Gasteiger partial charge in [-0.25, -0.2) is 4.79 Å². The van der Waals surface area contributed by atoms with Crippen LogP contribution in [0.4, 0.5) is 4.79 Å². The molecule has 0 aliphatic carbocycles. The van der Waals surface area contributed by atoms with E-state index in [9.17, 15) is 9.59 Å². The second-order valence-electron chi connectivity index (χ2n) is 6.91. The quantitative estimate of drug-likeness (QED) is 0.744. The molecule has 1 aromatic heterocycles. The van der Waals surface area contributed by atoms with Crippen LogP contribution in [0.5, 0.6) is 0 Å². The van der Waals surface area contributed by atoms with Crippen molar-refractivity contribution >= 4 is 11.8 Å². The SMILES string of the molecule is CCCN(C(=O)N[C@]1(C(=O)c2ccc(C)nc2)CCNC1)C(C)CC. The molecular formula is C19H30N4O2. The second kappa shape index (κ2) is 8.43. The minimum absolute atomic E-state index is 0.0704. The Kier molecular flexibility index (Phi) is 6.53. The molecule has 6 nitrogen and oxygen atoms in total. The lowest BCUT2D eigenvalue weighted by Crippen LogP contribution is -2.60. The van der Waals surface area contributed by atoms with E-state index < -0.39 is 5.54 Å². The lowest BCUT2D eigenvalue weighted by molar-refractivity contribution is 0.0857. The summed E-state index contributed by atoms with van der Waals surface area (Å²) in [5, 5.41) is 6.27. The molecule has 6 heteroatoms. The molecule has 25 heavy (non-hydrogen) atoms. The van der Waals surface area contributed by atoms with Crippen LogP contribution in [0.25, 0.3) is 0 Å². The van der Waals surface area contributed by atoms with Crippen LogP contribution < -0.4 is 10.6 Å². The number of urea groups is 1. The van der Waals surface area contributed by atoms with Crippen LogP contribution in [-0.2, 0) is 0 Å². The molecule has 0 aromatic carbocycles. The number of hydrogen-bond acceptors (Lipinski definition) is 4. The molecule has 2 atom stereocenters. The molecule has 0 saturated carbocycles. The number of aryl methyl sites for hydroxylation is 1. The van der Waals surface area contributed by atoms with Crippen molar-refractivity contribution < 1.29 is 9.59 Å². The Morgan fingerprint density at radius 2 is 2.16 bits per heavy atom. The fourth-order valence-corrected chi connectivity index (χ4v) is 3.19. The van der Waals surface area contributed by atoms with Crippen LogP contribution in [0, 0.1) is 6.92 Å². The standard InChI is InChI=1S/C19H30N4O2/c1-5-11-23(15(4)6-2)18(25)22-19(9-10-20-13-19)17(24)16-8-7-14(3)21-12-16/h7-8,12,15,20H,5-6,9-11,13H2,1-4H3,(H,22,25)/t15?,19-/m1/s1. The Bertz CT molecular complexity index is 594. The van der Waals surface area contributed by atoms with Gasteiger partial charge in [0.1, 0.15) is 5.54 Å². The van der Waals surface area contributed by atoms with Gasteiger partial charge in [0, 0.05) is 36.6 Å². The Hall–Kier alpha value is -1.95. The van der Waals surface area contributed by atoms with E-state index in [2.05, 4.69) is 29.5 Å². The van der Waals surface area contributed by atoms with Gasteiger partial charge in [-0.1, -0.05) is 13.8 Å². The third-order valence-electron chi connectivity index (χ3n) is 4.96. The van der Waals surface area contributed by atoms with Crippen molar-refractivity contribution in [3.05, 3.63) is 29.6 Å². The summed E-state index contributed by atoms with van der Waals surface area (Å²) in [5.41, 5.74) is 0.512. The van der Waals surface area contributed by atoms with E-state index in [0.717, 1.165) is 18.5 Å². The number of hydrogen-bond donors (Lipinski definition) is 2. The number of rotatable bonds is 7. The smallest absolute Gasteiger partial charge is 0.318 e. The molecule has 2 rings (SSSR count). The van der Waals surface area contributed by atoms with Crippen molar-refractivity contribution in [2.24, 2.45) is 0 Å². The summed E-state index contributed by atoms with van der Waals surface area (Å²) in [5.74, 6) is -0.0704. The lowest BCUT2D eigenvalue weighted by atomic mass is 9.89. The summed E-state index contributed by atoms with van der Waals surface area (Å²) in [4.78, 5) is 32.1. The first-order valence-corrected chi connectivity index (χ1v) is 9.20. The highest BCUT2D eigenvalue weighted by Gasteiger charge is 2.44. The van der Waals surface area contributed by atoms with Crippen molar-refractivity contribution in [3.63, 3.8) is 0 Å². The molecule has 1 unspecified atom stereocenters. The Balaban J connectivity index is 2.22. The number of carbonyl (C=O) groups is 2. The second-order valence-corrected chi connectivity index (χ2v) is 6.91. The summed E-state index contributed by atoms with van der Waals surface area (Å²) in [6, 6.07) is 3.60. The van der Waals surface area contributed by atoms with E-state index in [-0.39, 0.29) is 17.9 Å². The van der Waals surface area contributed by atoms with E-state index in [1.54, 1.807) is 12.3 Å². The molecule has 2 N–H and O–H groups in total. The number of Topliss-reactive ketones (excluding diaryl/α,β-unsaturated/α-hetero) is 1. The molecule has 2 amide bonds. The monoisotopic (exact) mass is 346 g/mol. The van der Waals surface area contributed by atoms with Gasteiger partial charge in [-0.3, -0.25) is 9.78 Å². The molecule has 1 fully saturated rings. The number of pyridine rings is 1. The minimum atomic E-state index is -0.895. The maximum Gasteiger partial charge on any atom is 0.318 e. The zero-order valence-electron chi connectivity index (χ0n) is 15.8. The average Bonchev–Trinajstić information content (AvgIpc) is 3.08. The molecule has 0 bridgehead atoms. The number of nitrogens with one attached hydrogen (secondary N) is 2. The van der Waals surface area contributed by atoms with Gasteiger partial charge in [-0.05, 0) is 51.8 Å². The topological polar surface area (TPSA) is 74.3 Å². The number of amides is 2. The predicted molar refractivity (Wildman–Crippen MR) is 98.8 cm³/mol. The Labute approximate surface area is 150 Å². The summed E-state index contributed by atoms with van der Waals surface area (Å²) in [6.07, 6.45) is 3.96. The highest BCUT2D eigenvalue weighted by Crippen LogP contribution is 2.22. The molecule has 1 aliphatic heterocycles. The van der Waals surface area contributed by atoms with E-state index >= 15 is 0 Å². The Morgan fingerprint density at radius 3 is 2.68 bits per heavy atom. The predicted octanol–water partition coefficient (Wildman–Crippen LogP) is 2.52. The number of ketones is 1. The van der Waals surface area contributed by atoms with Crippen LogP contribution >= 0.6 is 0 Å². The van der Waals surface area contributed by atoms with Gasteiger partial charge in [-0.15, -0.1) is 0 Å². The summed E-state index contributed by atoms with van der Waals surface area (Å²) >= 11 is 0. The maximum atomic E-state index is 13.1. The van der Waals surface area contributed by atoms with Crippen molar-refractivity contribution in [1.82, 2.24) is 20.5 Å². The first kappa shape index (κ1) is 19.4. The molecule has 1 saturated heterocycles. The van der Waals surface area contributed by atoms with Crippen molar-refractivity contribution in [3.8, 4) is 0 Å². The first-order chi connectivity index (χ1) is 11.9. The number of nitrogens with zero attached hydrogens (tertiary/aromatic N) is 2. The highest BCUT2D eigenvalue weighted by molar-refractivity contribution is 6.05. The summed E-state index contributed by atoms with van der Waals surface area (Å²) in [7, 11) is 0. The third kappa shape index (κ3) is 4.37. The van der Waals surface area contributed by atoms with Crippen LogP contribution in [0.1, 0.15) is 56.1 Å². The normalized spacial score (nSPS) is 21.0. The zero-order valence-corrected chi connectivity index (χ0v) is 15.8. The fourth-order valence-electron chi connectivity index (χ4n) is 3.19. The van der Waals surface area contributed by atoms with Gasteiger partial charge < -0.3 is 15.5 Å². The van der Waals surface area contributed by atoms with Crippen LogP contribution in [0.2, 0.25) is 0 Å². The molecule has 138 valence electrons.